The summed E-state index contributed by atoms with van der Waals surface area (Å²) < 4.78 is 31.2. The minimum Gasteiger partial charge on any atom is -0.363 e. The Bertz CT molecular complexity index is 727. The highest BCUT2D eigenvalue weighted by Crippen LogP contribution is 2.17. The van der Waals surface area contributed by atoms with Crippen molar-refractivity contribution in [3.05, 3.63) is 42.7 Å². The number of sulfonamides is 1. The van der Waals surface area contributed by atoms with Crippen LogP contribution in [0.25, 0.3) is 0 Å². The zero-order valence-corrected chi connectivity index (χ0v) is 13.8. The SMILES string of the molecule is CC(C)CN(CC(=O)Nc1ccon1)S(=O)(=O)c1ccccc1. The predicted octanol–water partition coefficient (Wildman–Crippen LogP) is 1.96. The van der Waals surface area contributed by atoms with Gasteiger partial charge < -0.3 is 9.84 Å². The summed E-state index contributed by atoms with van der Waals surface area (Å²) in [5, 5.41) is 6.07. The average molecular weight is 337 g/mol. The molecule has 124 valence electrons. The molecule has 7 nitrogen and oxygen atoms in total. The van der Waals surface area contributed by atoms with Crippen LogP contribution >= 0.6 is 0 Å². The van der Waals surface area contributed by atoms with E-state index < -0.39 is 15.9 Å². The van der Waals surface area contributed by atoms with Crippen LogP contribution in [-0.2, 0) is 14.8 Å². The van der Waals surface area contributed by atoms with Gasteiger partial charge in [-0.15, -0.1) is 0 Å². The van der Waals surface area contributed by atoms with Gasteiger partial charge in [0.25, 0.3) is 0 Å². The van der Waals surface area contributed by atoms with Crippen LogP contribution < -0.4 is 5.32 Å². The molecule has 1 aromatic heterocycles. The normalized spacial score (nSPS) is 11.8. The number of amides is 1. The van der Waals surface area contributed by atoms with Crippen LogP contribution in [0, 0.1) is 5.92 Å². The molecule has 0 radical (unpaired) electrons. The Morgan fingerprint density at radius 3 is 2.52 bits per heavy atom. The third-order valence-corrected chi connectivity index (χ3v) is 4.80. The first-order valence-corrected chi connectivity index (χ1v) is 8.59. The van der Waals surface area contributed by atoms with Crippen LogP contribution in [0.15, 0.2) is 52.1 Å². The van der Waals surface area contributed by atoms with Crippen molar-refractivity contribution in [1.29, 1.82) is 0 Å². The molecule has 0 aliphatic rings. The molecule has 0 fully saturated rings. The van der Waals surface area contributed by atoms with Crippen molar-refractivity contribution in [3.63, 3.8) is 0 Å². The number of hydrogen-bond acceptors (Lipinski definition) is 5. The van der Waals surface area contributed by atoms with Crippen molar-refractivity contribution >= 4 is 21.7 Å². The van der Waals surface area contributed by atoms with Crippen LogP contribution in [0.1, 0.15) is 13.8 Å². The van der Waals surface area contributed by atoms with Gasteiger partial charge in [0.1, 0.15) is 6.26 Å². The van der Waals surface area contributed by atoms with Crippen molar-refractivity contribution in [3.8, 4) is 0 Å². The van der Waals surface area contributed by atoms with Crippen molar-refractivity contribution < 1.29 is 17.7 Å². The molecular formula is C15H19N3O4S. The quantitative estimate of drug-likeness (QED) is 0.834. The highest BCUT2D eigenvalue weighted by Gasteiger charge is 2.27. The van der Waals surface area contributed by atoms with Gasteiger partial charge in [-0.2, -0.15) is 4.31 Å². The van der Waals surface area contributed by atoms with Gasteiger partial charge in [0, 0.05) is 12.6 Å². The molecule has 1 heterocycles. The van der Waals surface area contributed by atoms with Gasteiger partial charge in [-0.25, -0.2) is 8.42 Å². The minimum atomic E-state index is -3.74. The fourth-order valence-corrected chi connectivity index (χ4v) is 3.60. The maximum Gasteiger partial charge on any atom is 0.243 e. The Kier molecular flexibility index (Phi) is 5.51. The van der Waals surface area contributed by atoms with Crippen molar-refractivity contribution in [2.45, 2.75) is 18.7 Å². The molecule has 8 heteroatoms. The summed E-state index contributed by atoms with van der Waals surface area (Å²) in [6.07, 6.45) is 1.32. The first kappa shape index (κ1) is 17.2. The van der Waals surface area contributed by atoms with E-state index in [-0.39, 0.29) is 29.7 Å². The highest BCUT2D eigenvalue weighted by atomic mass is 32.2. The monoisotopic (exact) mass is 337 g/mol. The number of benzene rings is 1. The standard InChI is InChI=1S/C15H19N3O4S/c1-12(2)10-18(11-15(19)16-14-8-9-22-17-14)23(20,21)13-6-4-3-5-7-13/h3-9,12H,10-11H2,1-2H3,(H,16,17,19). The summed E-state index contributed by atoms with van der Waals surface area (Å²) in [6, 6.07) is 9.54. The molecule has 1 N–H and O–H groups in total. The van der Waals surface area contributed by atoms with E-state index in [9.17, 15) is 13.2 Å². The minimum absolute atomic E-state index is 0.0772. The smallest absolute Gasteiger partial charge is 0.243 e. The average Bonchev–Trinajstić information content (AvgIpc) is 2.99. The number of nitrogens with zero attached hydrogens (tertiary/aromatic N) is 2. The molecule has 0 spiro atoms. The number of hydrogen-bond donors (Lipinski definition) is 1. The molecule has 2 rings (SSSR count). The van der Waals surface area contributed by atoms with Gasteiger partial charge in [-0.1, -0.05) is 37.2 Å². The molecule has 0 aliphatic carbocycles. The second-order valence-corrected chi connectivity index (χ2v) is 7.38. The van der Waals surface area contributed by atoms with Crippen molar-refractivity contribution in [2.75, 3.05) is 18.4 Å². The Hall–Kier alpha value is -2.19. The summed E-state index contributed by atoms with van der Waals surface area (Å²) in [5.74, 6) is -0.149. The van der Waals surface area contributed by atoms with E-state index in [0.717, 1.165) is 0 Å². The van der Waals surface area contributed by atoms with Gasteiger partial charge in [0.2, 0.25) is 15.9 Å². The number of carbonyl (C=O) groups excluding carboxylic acids is 1. The fourth-order valence-electron chi connectivity index (χ4n) is 2.02. The van der Waals surface area contributed by atoms with Gasteiger partial charge in [-0.05, 0) is 18.1 Å². The highest BCUT2D eigenvalue weighted by molar-refractivity contribution is 7.89. The van der Waals surface area contributed by atoms with Crippen LogP contribution in [-0.4, -0.2) is 36.9 Å². The number of rotatable bonds is 7. The van der Waals surface area contributed by atoms with Crippen molar-refractivity contribution in [1.82, 2.24) is 9.46 Å². The zero-order valence-electron chi connectivity index (χ0n) is 13.0. The molecule has 0 atom stereocenters. The van der Waals surface area contributed by atoms with E-state index in [0.29, 0.717) is 0 Å². The van der Waals surface area contributed by atoms with E-state index in [4.69, 9.17) is 0 Å². The number of anilines is 1. The van der Waals surface area contributed by atoms with Gasteiger partial charge in [-0.3, -0.25) is 4.79 Å². The van der Waals surface area contributed by atoms with E-state index in [1.54, 1.807) is 18.2 Å². The van der Waals surface area contributed by atoms with Crippen LogP contribution in [0.5, 0.6) is 0 Å². The van der Waals surface area contributed by atoms with E-state index in [2.05, 4.69) is 15.0 Å². The first-order chi connectivity index (χ1) is 10.9. The largest absolute Gasteiger partial charge is 0.363 e. The summed E-state index contributed by atoms with van der Waals surface area (Å²) in [4.78, 5) is 12.2. The zero-order chi connectivity index (χ0) is 16.9. The summed E-state index contributed by atoms with van der Waals surface area (Å²) >= 11 is 0. The summed E-state index contributed by atoms with van der Waals surface area (Å²) in [6.45, 7) is 3.73. The molecule has 0 saturated heterocycles. The third-order valence-electron chi connectivity index (χ3n) is 2.98. The number of aromatic nitrogens is 1. The lowest BCUT2D eigenvalue weighted by Gasteiger charge is -2.23. The lowest BCUT2D eigenvalue weighted by molar-refractivity contribution is -0.116. The molecule has 0 saturated carbocycles. The van der Waals surface area contributed by atoms with Crippen LogP contribution in [0.3, 0.4) is 0 Å². The van der Waals surface area contributed by atoms with E-state index in [1.807, 2.05) is 13.8 Å². The Morgan fingerprint density at radius 2 is 1.96 bits per heavy atom. The third kappa shape index (κ3) is 4.64. The fraction of sp³-hybridized carbons (Fsp3) is 0.333. The molecular weight excluding hydrogens is 318 g/mol. The Morgan fingerprint density at radius 1 is 1.26 bits per heavy atom. The number of carbonyl (C=O) groups is 1. The predicted molar refractivity (Wildman–Crippen MR) is 85.2 cm³/mol. The molecule has 1 amide bonds. The van der Waals surface area contributed by atoms with Crippen LogP contribution in [0.2, 0.25) is 0 Å². The lowest BCUT2D eigenvalue weighted by atomic mass is 10.2. The molecule has 23 heavy (non-hydrogen) atoms. The second kappa shape index (κ2) is 7.38. The maximum atomic E-state index is 12.7. The Labute approximate surface area is 135 Å². The Balaban J connectivity index is 2.18. The molecule has 0 bridgehead atoms. The van der Waals surface area contributed by atoms with E-state index in [1.165, 1.54) is 28.8 Å². The first-order valence-electron chi connectivity index (χ1n) is 7.15. The molecule has 2 aromatic rings. The van der Waals surface area contributed by atoms with Gasteiger partial charge >= 0.3 is 0 Å². The molecule has 1 aromatic carbocycles. The van der Waals surface area contributed by atoms with Gasteiger partial charge in [0.05, 0.1) is 11.4 Å². The second-order valence-electron chi connectivity index (χ2n) is 5.44. The molecule has 0 aliphatic heterocycles. The van der Waals surface area contributed by atoms with E-state index >= 15 is 0 Å². The molecule has 0 unspecified atom stereocenters. The summed E-state index contributed by atoms with van der Waals surface area (Å²) in [5.41, 5.74) is 0. The number of nitrogens with one attached hydrogen (secondary N) is 1. The van der Waals surface area contributed by atoms with Gasteiger partial charge in [0.15, 0.2) is 5.82 Å². The lowest BCUT2D eigenvalue weighted by Crippen LogP contribution is -2.40. The summed E-state index contributed by atoms with van der Waals surface area (Å²) in [7, 11) is -3.74. The van der Waals surface area contributed by atoms with Crippen molar-refractivity contribution in [2.24, 2.45) is 5.92 Å². The van der Waals surface area contributed by atoms with Crippen LogP contribution in [0.4, 0.5) is 5.82 Å². The topological polar surface area (TPSA) is 92.5 Å². The maximum absolute atomic E-state index is 12.7.